The Bertz CT molecular complexity index is 473. The maximum Gasteiger partial charge on any atom is 0.0756 e. The molecule has 0 fully saturated rings. The van der Waals surface area contributed by atoms with Crippen molar-refractivity contribution >= 4 is 5.69 Å². The maximum absolute atomic E-state index is 5.72. The highest BCUT2D eigenvalue weighted by Gasteiger charge is 2.07. The van der Waals surface area contributed by atoms with E-state index in [1.807, 2.05) is 23.9 Å². The number of pyridine rings is 1. The van der Waals surface area contributed by atoms with Gasteiger partial charge in [-0.1, -0.05) is 0 Å². The number of rotatable bonds is 2. The van der Waals surface area contributed by atoms with E-state index in [0.29, 0.717) is 0 Å². The maximum atomic E-state index is 5.72. The van der Waals surface area contributed by atoms with Crippen LogP contribution in [0.1, 0.15) is 12.6 Å². The van der Waals surface area contributed by atoms with Gasteiger partial charge in [0, 0.05) is 30.2 Å². The molecule has 0 bridgehead atoms. The number of aryl methyl sites for hydroxylation is 2. The van der Waals surface area contributed by atoms with Gasteiger partial charge in [0.2, 0.25) is 0 Å². The fourth-order valence-electron chi connectivity index (χ4n) is 1.53. The topological polar surface area (TPSA) is 56.7 Å². The number of hydrogen-bond acceptors (Lipinski definition) is 3. The van der Waals surface area contributed by atoms with Crippen LogP contribution in [-0.4, -0.2) is 14.8 Å². The lowest BCUT2D eigenvalue weighted by molar-refractivity contribution is 0.653. The normalized spacial score (nSPS) is 10.5. The molecule has 2 N–H and O–H groups in total. The SMILES string of the molecule is CCn1cc(-c2cc(N)ccn2)c(C)n1. The van der Waals surface area contributed by atoms with Crippen molar-refractivity contribution in [3.8, 4) is 11.3 Å². The van der Waals surface area contributed by atoms with Crippen molar-refractivity contribution in [1.82, 2.24) is 14.8 Å². The van der Waals surface area contributed by atoms with Crippen molar-refractivity contribution < 1.29 is 0 Å². The molecule has 2 aromatic rings. The first-order valence-electron chi connectivity index (χ1n) is 4.96. The molecule has 0 saturated heterocycles. The van der Waals surface area contributed by atoms with E-state index >= 15 is 0 Å². The van der Waals surface area contributed by atoms with Crippen LogP contribution in [0.3, 0.4) is 0 Å². The van der Waals surface area contributed by atoms with Crippen LogP contribution < -0.4 is 5.73 Å². The van der Waals surface area contributed by atoms with Gasteiger partial charge in [0.25, 0.3) is 0 Å². The summed E-state index contributed by atoms with van der Waals surface area (Å²) in [4.78, 5) is 4.28. The third kappa shape index (κ3) is 1.83. The second-order valence-electron chi connectivity index (χ2n) is 3.46. The fourth-order valence-corrected chi connectivity index (χ4v) is 1.53. The van der Waals surface area contributed by atoms with E-state index in [4.69, 9.17) is 5.73 Å². The van der Waals surface area contributed by atoms with Crippen LogP contribution in [0.2, 0.25) is 0 Å². The van der Waals surface area contributed by atoms with Gasteiger partial charge in [-0.3, -0.25) is 9.67 Å². The highest BCUT2D eigenvalue weighted by Crippen LogP contribution is 2.21. The summed E-state index contributed by atoms with van der Waals surface area (Å²) in [6.45, 7) is 4.90. The minimum absolute atomic E-state index is 0.726. The summed E-state index contributed by atoms with van der Waals surface area (Å²) in [7, 11) is 0. The van der Waals surface area contributed by atoms with E-state index < -0.39 is 0 Å². The van der Waals surface area contributed by atoms with Crippen molar-refractivity contribution in [1.29, 1.82) is 0 Å². The second-order valence-corrected chi connectivity index (χ2v) is 3.46. The van der Waals surface area contributed by atoms with Gasteiger partial charge in [-0.05, 0) is 26.0 Å². The van der Waals surface area contributed by atoms with Crippen molar-refractivity contribution in [3.05, 3.63) is 30.2 Å². The summed E-state index contributed by atoms with van der Waals surface area (Å²) in [6.07, 6.45) is 3.71. The Labute approximate surface area is 88.8 Å². The van der Waals surface area contributed by atoms with E-state index in [1.54, 1.807) is 12.3 Å². The van der Waals surface area contributed by atoms with E-state index in [1.165, 1.54) is 0 Å². The Morgan fingerprint density at radius 1 is 1.47 bits per heavy atom. The minimum Gasteiger partial charge on any atom is -0.399 e. The predicted molar refractivity (Wildman–Crippen MR) is 60.3 cm³/mol. The van der Waals surface area contributed by atoms with Gasteiger partial charge in [-0.2, -0.15) is 5.10 Å². The van der Waals surface area contributed by atoms with Crippen LogP contribution >= 0.6 is 0 Å². The Kier molecular flexibility index (Phi) is 2.41. The standard InChI is InChI=1S/C11H14N4/c1-3-15-7-10(8(2)14-15)11-6-9(12)4-5-13-11/h4-7H,3H2,1-2H3,(H2,12,13). The van der Waals surface area contributed by atoms with Gasteiger partial charge in [0.05, 0.1) is 11.4 Å². The average Bonchev–Trinajstić information content (AvgIpc) is 2.60. The number of nitrogens with two attached hydrogens (primary N) is 1. The zero-order valence-electron chi connectivity index (χ0n) is 8.94. The summed E-state index contributed by atoms with van der Waals surface area (Å²) in [5.41, 5.74) is 9.35. The molecule has 0 radical (unpaired) electrons. The predicted octanol–water partition coefficient (Wildman–Crippen LogP) is 1.86. The van der Waals surface area contributed by atoms with E-state index in [2.05, 4.69) is 17.0 Å². The van der Waals surface area contributed by atoms with Crippen molar-refractivity contribution in [2.45, 2.75) is 20.4 Å². The Hall–Kier alpha value is -1.84. The molecule has 2 heterocycles. The van der Waals surface area contributed by atoms with Gasteiger partial charge >= 0.3 is 0 Å². The molecule has 0 amide bonds. The Balaban J connectivity index is 2.48. The van der Waals surface area contributed by atoms with Crippen LogP contribution in [-0.2, 0) is 6.54 Å². The molecule has 2 aromatic heterocycles. The Morgan fingerprint density at radius 2 is 2.27 bits per heavy atom. The molecule has 0 saturated carbocycles. The van der Waals surface area contributed by atoms with Gasteiger partial charge < -0.3 is 5.73 Å². The third-order valence-electron chi connectivity index (χ3n) is 2.33. The number of anilines is 1. The molecule has 78 valence electrons. The second kappa shape index (κ2) is 3.73. The molecule has 0 aliphatic rings. The monoisotopic (exact) mass is 202 g/mol. The molecular weight excluding hydrogens is 188 g/mol. The third-order valence-corrected chi connectivity index (χ3v) is 2.33. The zero-order valence-corrected chi connectivity index (χ0v) is 8.94. The lowest BCUT2D eigenvalue weighted by Gasteiger charge is -1.98. The first-order chi connectivity index (χ1) is 7.20. The van der Waals surface area contributed by atoms with E-state index in [-0.39, 0.29) is 0 Å². The van der Waals surface area contributed by atoms with Gasteiger partial charge in [-0.15, -0.1) is 0 Å². The molecule has 0 unspecified atom stereocenters. The number of nitrogen functional groups attached to an aromatic ring is 1. The molecular formula is C11H14N4. The molecule has 0 aliphatic heterocycles. The number of nitrogens with zero attached hydrogens (tertiary/aromatic N) is 3. The quantitative estimate of drug-likeness (QED) is 0.808. The highest BCUT2D eigenvalue weighted by molar-refractivity contribution is 5.64. The molecule has 2 rings (SSSR count). The first-order valence-corrected chi connectivity index (χ1v) is 4.96. The summed E-state index contributed by atoms with van der Waals surface area (Å²) in [5, 5.41) is 4.37. The number of aromatic nitrogens is 3. The van der Waals surface area contributed by atoms with E-state index in [0.717, 1.165) is 29.2 Å². The lowest BCUT2D eigenvalue weighted by Crippen LogP contribution is -1.93. The number of hydrogen-bond donors (Lipinski definition) is 1. The van der Waals surface area contributed by atoms with Gasteiger partial charge in [0.1, 0.15) is 0 Å². The summed E-state index contributed by atoms with van der Waals surface area (Å²) in [5.74, 6) is 0. The van der Waals surface area contributed by atoms with Crippen LogP contribution in [0.15, 0.2) is 24.5 Å². The Morgan fingerprint density at radius 3 is 2.87 bits per heavy atom. The molecule has 0 aromatic carbocycles. The molecule has 0 aliphatic carbocycles. The van der Waals surface area contributed by atoms with Crippen LogP contribution in [0, 0.1) is 6.92 Å². The molecule has 0 atom stereocenters. The summed E-state index contributed by atoms with van der Waals surface area (Å²) >= 11 is 0. The molecule has 4 heteroatoms. The summed E-state index contributed by atoms with van der Waals surface area (Å²) in [6, 6.07) is 3.65. The van der Waals surface area contributed by atoms with Crippen molar-refractivity contribution in [2.24, 2.45) is 0 Å². The summed E-state index contributed by atoms with van der Waals surface area (Å²) < 4.78 is 1.90. The van der Waals surface area contributed by atoms with Gasteiger partial charge in [-0.25, -0.2) is 0 Å². The average molecular weight is 202 g/mol. The minimum atomic E-state index is 0.726. The lowest BCUT2D eigenvalue weighted by atomic mass is 10.1. The fraction of sp³-hybridized carbons (Fsp3) is 0.273. The largest absolute Gasteiger partial charge is 0.399 e. The molecule has 0 spiro atoms. The van der Waals surface area contributed by atoms with Crippen LogP contribution in [0.25, 0.3) is 11.3 Å². The van der Waals surface area contributed by atoms with E-state index in [9.17, 15) is 0 Å². The van der Waals surface area contributed by atoms with Crippen molar-refractivity contribution in [2.75, 3.05) is 5.73 Å². The highest BCUT2D eigenvalue weighted by atomic mass is 15.3. The first kappa shape index (κ1) is 9.71. The van der Waals surface area contributed by atoms with Crippen molar-refractivity contribution in [3.63, 3.8) is 0 Å². The smallest absolute Gasteiger partial charge is 0.0756 e. The molecule has 15 heavy (non-hydrogen) atoms. The van der Waals surface area contributed by atoms with Crippen LogP contribution in [0.4, 0.5) is 5.69 Å². The van der Waals surface area contributed by atoms with Gasteiger partial charge in [0.15, 0.2) is 0 Å². The molecule has 4 nitrogen and oxygen atoms in total. The van der Waals surface area contributed by atoms with Crippen LogP contribution in [0.5, 0.6) is 0 Å². The zero-order chi connectivity index (χ0) is 10.8.